The Kier molecular flexibility index (Phi) is 4.80. The first-order valence-electron chi connectivity index (χ1n) is 8.90. The molecule has 0 bridgehead atoms. The molecule has 1 aliphatic heterocycles. The Labute approximate surface area is 152 Å². The van der Waals surface area contributed by atoms with Crippen LogP contribution in [-0.4, -0.2) is 28.4 Å². The van der Waals surface area contributed by atoms with Crippen molar-refractivity contribution >= 4 is 5.91 Å². The molecule has 5 heteroatoms. The molecule has 1 saturated heterocycles. The number of aromatic nitrogens is 2. The Bertz CT molecular complexity index is 869. The van der Waals surface area contributed by atoms with E-state index in [0.29, 0.717) is 13.2 Å². The lowest BCUT2D eigenvalue weighted by Gasteiger charge is -2.10. The van der Waals surface area contributed by atoms with Crippen LogP contribution in [0.1, 0.15) is 18.4 Å². The maximum atomic E-state index is 12.3. The van der Waals surface area contributed by atoms with Gasteiger partial charge in [0.2, 0.25) is 5.91 Å². The molecule has 5 nitrogen and oxygen atoms in total. The van der Waals surface area contributed by atoms with Gasteiger partial charge in [0.15, 0.2) is 0 Å². The Hall–Kier alpha value is -2.92. The number of nitrogens with zero attached hydrogens (tertiary/aromatic N) is 2. The number of para-hydroxylation sites is 1. The fourth-order valence-corrected chi connectivity index (χ4v) is 3.17. The molecule has 1 atom stereocenters. The van der Waals surface area contributed by atoms with Crippen molar-refractivity contribution in [1.29, 1.82) is 0 Å². The molecule has 3 aromatic rings. The quantitative estimate of drug-likeness (QED) is 0.770. The molecule has 0 saturated carbocycles. The summed E-state index contributed by atoms with van der Waals surface area (Å²) in [5, 5.41) is 7.76. The van der Waals surface area contributed by atoms with Gasteiger partial charge >= 0.3 is 0 Å². The lowest BCUT2D eigenvalue weighted by molar-refractivity contribution is -0.130. The Morgan fingerprint density at radius 2 is 1.85 bits per heavy atom. The zero-order chi connectivity index (χ0) is 17.8. The van der Waals surface area contributed by atoms with Gasteiger partial charge in [-0.2, -0.15) is 5.10 Å². The van der Waals surface area contributed by atoms with Gasteiger partial charge in [-0.25, -0.2) is 4.68 Å². The Morgan fingerprint density at radius 1 is 1.12 bits per heavy atom. The summed E-state index contributed by atoms with van der Waals surface area (Å²) >= 11 is 0. The zero-order valence-electron chi connectivity index (χ0n) is 14.5. The van der Waals surface area contributed by atoms with Gasteiger partial charge in [0.1, 0.15) is 6.10 Å². The van der Waals surface area contributed by atoms with Gasteiger partial charge in [0.25, 0.3) is 0 Å². The summed E-state index contributed by atoms with van der Waals surface area (Å²) in [5.74, 6) is -0.0472. The van der Waals surface area contributed by atoms with Crippen LogP contribution in [0, 0.1) is 0 Å². The van der Waals surface area contributed by atoms with E-state index in [9.17, 15) is 4.79 Å². The van der Waals surface area contributed by atoms with Crippen LogP contribution in [-0.2, 0) is 16.1 Å². The molecule has 26 heavy (non-hydrogen) atoms. The molecule has 4 rings (SSSR count). The number of nitrogens with one attached hydrogen (secondary N) is 1. The second-order valence-corrected chi connectivity index (χ2v) is 6.37. The zero-order valence-corrected chi connectivity index (χ0v) is 14.5. The number of hydrogen-bond acceptors (Lipinski definition) is 3. The summed E-state index contributed by atoms with van der Waals surface area (Å²) in [6.45, 7) is 1.09. The van der Waals surface area contributed by atoms with Gasteiger partial charge < -0.3 is 10.1 Å². The first kappa shape index (κ1) is 16.5. The van der Waals surface area contributed by atoms with Gasteiger partial charge in [-0.1, -0.05) is 48.5 Å². The third-order valence-electron chi connectivity index (χ3n) is 4.53. The van der Waals surface area contributed by atoms with E-state index in [1.165, 1.54) is 0 Å². The maximum absolute atomic E-state index is 12.3. The standard InChI is InChI=1S/C21H21N3O2/c25-21(19-12-7-13-26-19)22-14-17-15-24(18-10-5-2-6-11-18)23-20(17)16-8-3-1-4-9-16/h1-6,8-11,15,19H,7,12-14H2,(H,22,25). The van der Waals surface area contributed by atoms with Crippen molar-refractivity contribution in [3.63, 3.8) is 0 Å². The van der Waals surface area contributed by atoms with E-state index < -0.39 is 0 Å². The molecule has 2 heterocycles. The minimum absolute atomic E-state index is 0.0472. The summed E-state index contributed by atoms with van der Waals surface area (Å²) in [7, 11) is 0. The highest BCUT2D eigenvalue weighted by atomic mass is 16.5. The van der Waals surface area contributed by atoms with E-state index in [0.717, 1.165) is 35.3 Å². The van der Waals surface area contributed by atoms with E-state index in [1.807, 2.05) is 71.5 Å². The Morgan fingerprint density at radius 3 is 2.54 bits per heavy atom. The van der Waals surface area contributed by atoms with Crippen molar-refractivity contribution in [2.45, 2.75) is 25.5 Å². The number of carbonyl (C=O) groups excluding carboxylic acids is 1. The van der Waals surface area contributed by atoms with E-state index >= 15 is 0 Å². The van der Waals surface area contributed by atoms with Crippen LogP contribution in [0.3, 0.4) is 0 Å². The van der Waals surface area contributed by atoms with Crippen molar-refractivity contribution in [3.8, 4) is 16.9 Å². The van der Waals surface area contributed by atoms with E-state index in [1.54, 1.807) is 0 Å². The number of hydrogen-bond donors (Lipinski definition) is 1. The first-order chi connectivity index (χ1) is 12.8. The van der Waals surface area contributed by atoms with Crippen LogP contribution in [0.4, 0.5) is 0 Å². The second kappa shape index (κ2) is 7.54. The lowest BCUT2D eigenvalue weighted by Crippen LogP contribution is -2.33. The minimum Gasteiger partial charge on any atom is -0.368 e. The van der Waals surface area contributed by atoms with Gasteiger partial charge in [0.05, 0.1) is 11.4 Å². The fourth-order valence-electron chi connectivity index (χ4n) is 3.17. The van der Waals surface area contributed by atoms with Crippen LogP contribution >= 0.6 is 0 Å². The first-order valence-corrected chi connectivity index (χ1v) is 8.90. The minimum atomic E-state index is -0.320. The van der Waals surface area contributed by atoms with Crippen molar-refractivity contribution in [1.82, 2.24) is 15.1 Å². The number of rotatable bonds is 5. The van der Waals surface area contributed by atoms with E-state index in [2.05, 4.69) is 5.32 Å². The number of benzene rings is 2. The van der Waals surface area contributed by atoms with Crippen molar-refractivity contribution < 1.29 is 9.53 Å². The van der Waals surface area contributed by atoms with Crippen LogP contribution in [0.5, 0.6) is 0 Å². The lowest BCUT2D eigenvalue weighted by atomic mass is 10.1. The molecule has 1 unspecified atom stereocenters. The van der Waals surface area contributed by atoms with Crippen molar-refractivity contribution in [3.05, 3.63) is 72.4 Å². The van der Waals surface area contributed by atoms with Gasteiger partial charge in [0, 0.05) is 30.5 Å². The highest BCUT2D eigenvalue weighted by molar-refractivity contribution is 5.81. The summed E-state index contributed by atoms with van der Waals surface area (Å²) in [4.78, 5) is 12.3. The SMILES string of the molecule is O=C(NCc1cn(-c2ccccc2)nc1-c1ccccc1)C1CCCO1. The highest BCUT2D eigenvalue weighted by Gasteiger charge is 2.23. The average Bonchev–Trinajstić information content (AvgIpc) is 3.38. The molecule has 1 aliphatic rings. The largest absolute Gasteiger partial charge is 0.368 e. The van der Waals surface area contributed by atoms with Crippen LogP contribution in [0.25, 0.3) is 16.9 Å². The van der Waals surface area contributed by atoms with Gasteiger partial charge in [-0.05, 0) is 25.0 Å². The molecule has 1 fully saturated rings. The van der Waals surface area contributed by atoms with Gasteiger partial charge in [-0.15, -0.1) is 0 Å². The fraction of sp³-hybridized carbons (Fsp3) is 0.238. The van der Waals surface area contributed by atoms with Crippen LogP contribution < -0.4 is 5.32 Å². The van der Waals surface area contributed by atoms with Crippen LogP contribution in [0.15, 0.2) is 66.9 Å². The third kappa shape index (κ3) is 3.53. The summed E-state index contributed by atoms with van der Waals surface area (Å²) in [6.07, 6.45) is 3.40. The van der Waals surface area contributed by atoms with Gasteiger partial charge in [-0.3, -0.25) is 4.79 Å². The van der Waals surface area contributed by atoms with Crippen molar-refractivity contribution in [2.75, 3.05) is 6.61 Å². The monoisotopic (exact) mass is 347 g/mol. The smallest absolute Gasteiger partial charge is 0.249 e. The number of carbonyl (C=O) groups is 1. The van der Waals surface area contributed by atoms with E-state index in [-0.39, 0.29) is 12.0 Å². The normalized spacial score (nSPS) is 16.5. The third-order valence-corrected chi connectivity index (χ3v) is 4.53. The van der Waals surface area contributed by atoms with Crippen LogP contribution in [0.2, 0.25) is 0 Å². The molecular weight excluding hydrogens is 326 g/mol. The molecule has 0 spiro atoms. The molecule has 0 radical (unpaired) electrons. The predicted molar refractivity (Wildman–Crippen MR) is 99.8 cm³/mol. The maximum Gasteiger partial charge on any atom is 0.249 e. The van der Waals surface area contributed by atoms with Crippen molar-refractivity contribution in [2.24, 2.45) is 0 Å². The molecule has 1 aromatic heterocycles. The molecule has 1 N–H and O–H groups in total. The summed E-state index contributed by atoms with van der Waals surface area (Å²) in [6, 6.07) is 20.0. The second-order valence-electron chi connectivity index (χ2n) is 6.37. The molecule has 132 valence electrons. The summed E-state index contributed by atoms with van der Waals surface area (Å²) in [5.41, 5.74) is 3.87. The Balaban J connectivity index is 1.61. The molecule has 1 amide bonds. The van der Waals surface area contributed by atoms with E-state index in [4.69, 9.17) is 9.84 Å². The number of amides is 1. The molecular formula is C21H21N3O2. The predicted octanol–water partition coefficient (Wildman–Crippen LogP) is 3.33. The number of ether oxygens (including phenoxy) is 1. The topological polar surface area (TPSA) is 56.2 Å². The molecule has 2 aromatic carbocycles. The molecule has 0 aliphatic carbocycles. The highest BCUT2D eigenvalue weighted by Crippen LogP contribution is 2.23. The summed E-state index contributed by atoms with van der Waals surface area (Å²) < 4.78 is 7.32. The average molecular weight is 347 g/mol.